The molecule has 0 unspecified atom stereocenters. The Hall–Kier alpha value is -0.130. The van der Waals surface area contributed by atoms with Crippen molar-refractivity contribution in [3.8, 4) is 0 Å². The van der Waals surface area contributed by atoms with E-state index in [2.05, 4.69) is 0 Å². The minimum Gasteiger partial charge on any atom is -0.381 e. The second kappa shape index (κ2) is 6.55. The van der Waals surface area contributed by atoms with Crippen LogP contribution in [0.1, 0.15) is 57.8 Å². The second-order valence-electron chi connectivity index (χ2n) is 6.51. The first kappa shape index (κ1) is 15.3. The molecule has 0 aromatic rings. The lowest BCUT2D eigenvalue weighted by atomic mass is 9.83. The molecular formula is C14H27NO3S. The lowest BCUT2D eigenvalue weighted by molar-refractivity contribution is 0.0429. The van der Waals surface area contributed by atoms with E-state index in [1.807, 2.05) is 0 Å². The quantitative estimate of drug-likeness (QED) is 0.578. The predicted octanol–water partition coefficient (Wildman–Crippen LogP) is 2.43. The molecule has 2 fully saturated rings. The highest BCUT2D eigenvalue weighted by molar-refractivity contribution is 7.89. The fourth-order valence-corrected chi connectivity index (χ4v) is 4.41. The van der Waals surface area contributed by atoms with Gasteiger partial charge in [0.25, 0.3) is 0 Å². The van der Waals surface area contributed by atoms with Gasteiger partial charge in [0.1, 0.15) is 0 Å². The average Bonchev–Trinajstić information content (AvgIpc) is 3.10. The molecule has 112 valence electrons. The molecule has 4 nitrogen and oxygen atoms in total. The number of nitrogens with two attached hydrogens (primary N) is 1. The van der Waals surface area contributed by atoms with Crippen LogP contribution in [0.4, 0.5) is 0 Å². The molecular weight excluding hydrogens is 262 g/mol. The van der Waals surface area contributed by atoms with Gasteiger partial charge < -0.3 is 4.74 Å². The Kier molecular flexibility index (Phi) is 5.26. The van der Waals surface area contributed by atoms with Gasteiger partial charge in [-0.25, -0.2) is 13.6 Å². The Morgan fingerprint density at radius 2 is 1.74 bits per heavy atom. The second-order valence-corrected chi connectivity index (χ2v) is 8.12. The van der Waals surface area contributed by atoms with Gasteiger partial charge in [0.05, 0.1) is 12.4 Å². The standard InChI is InChI=1S/C14H27NO3S/c15-19(16,17)12-14(8-3-1-2-4-9-14)11-18-10-7-13-5-6-13/h13H,1-12H2,(H2,15,16,17). The number of ether oxygens (including phenoxy) is 1. The number of rotatable bonds is 7. The van der Waals surface area contributed by atoms with Crippen molar-refractivity contribution in [3.63, 3.8) is 0 Å². The number of primary sulfonamides is 1. The third-order valence-corrected chi connectivity index (χ3v) is 5.46. The zero-order chi connectivity index (χ0) is 13.8. The summed E-state index contributed by atoms with van der Waals surface area (Å²) in [4.78, 5) is 0. The Morgan fingerprint density at radius 1 is 1.11 bits per heavy atom. The van der Waals surface area contributed by atoms with Gasteiger partial charge in [-0.15, -0.1) is 0 Å². The van der Waals surface area contributed by atoms with Gasteiger partial charge in [0.15, 0.2) is 0 Å². The molecule has 0 radical (unpaired) electrons. The first-order valence-corrected chi connectivity index (χ1v) is 9.29. The lowest BCUT2D eigenvalue weighted by Gasteiger charge is -2.31. The highest BCUT2D eigenvalue weighted by Gasteiger charge is 2.35. The maximum Gasteiger partial charge on any atom is 0.209 e. The van der Waals surface area contributed by atoms with E-state index in [0.29, 0.717) is 6.61 Å². The van der Waals surface area contributed by atoms with Gasteiger partial charge >= 0.3 is 0 Å². The third-order valence-electron chi connectivity index (χ3n) is 4.45. The Morgan fingerprint density at radius 3 is 2.26 bits per heavy atom. The summed E-state index contributed by atoms with van der Waals surface area (Å²) < 4.78 is 28.8. The molecule has 0 spiro atoms. The van der Waals surface area contributed by atoms with Crippen LogP contribution >= 0.6 is 0 Å². The number of sulfonamides is 1. The van der Waals surface area contributed by atoms with E-state index >= 15 is 0 Å². The van der Waals surface area contributed by atoms with Crippen LogP contribution in [-0.2, 0) is 14.8 Å². The largest absolute Gasteiger partial charge is 0.381 e. The highest BCUT2D eigenvalue weighted by Crippen LogP contribution is 2.37. The summed E-state index contributed by atoms with van der Waals surface area (Å²) in [5.41, 5.74) is -0.229. The summed E-state index contributed by atoms with van der Waals surface area (Å²) in [7, 11) is -3.42. The van der Waals surface area contributed by atoms with Crippen LogP contribution in [0, 0.1) is 11.3 Å². The van der Waals surface area contributed by atoms with Crippen LogP contribution in [0.3, 0.4) is 0 Å². The fourth-order valence-electron chi connectivity index (χ4n) is 3.18. The van der Waals surface area contributed by atoms with Crippen LogP contribution < -0.4 is 5.14 Å². The molecule has 0 aromatic carbocycles. The first-order chi connectivity index (χ1) is 8.99. The van der Waals surface area contributed by atoms with Gasteiger partial charge in [-0.3, -0.25) is 0 Å². The van der Waals surface area contributed by atoms with Crippen molar-refractivity contribution in [1.82, 2.24) is 0 Å². The molecule has 19 heavy (non-hydrogen) atoms. The van der Waals surface area contributed by atoms with Gasteiger partial charge in [-0.2, -0.15) is 0 Å². The average molecular weight is 289 g/mol. The van der Waals surface area contributed by atoms with E-state index in [0.717, 1.165) is 44.6 Å². The van der Waals surface area contributed by atoms with Crippen molar-refractivity contribution in [3.05, 3.63) is 0 Å². The van der Waals surface area contributed by atoms with E-state index < -0.39 is 10.0 Å². The molecule has 2 aliphatic carbocycles. The van der Waals surface area contributed by atoms with Gasteiger partial charge in [0, 0.05) is 12.0 Å². The van der Waals surface area contributed by atoms with Crippen molar-refractivity contribution < 1.29 is 13.2 Å². The molecule has 0 atom stereocenters. The van der Waals surface area contributed by atoms with Gasteiger partial charge in [-0.1, -0.05) is 38.5 Å². The van der Waals surface area contributed by atoms with Crippen LogP contribution in [0.25, 0.3) is 0 Å². The van der Waals surface area contributed by atoms with Gasteiger partial charge in [-0.05, 0) is 25.2 Å². The van der Waals surface area contributed by atoms with Crippen LogP contribution in [-0.4, -0.2) is 27.4 Å². The van der Waals surface area contributed by atoms with E-state index in [1.54, 1.807) is 0 Å². The van der Waals surface area contributed by atoms with Crippen molar-refractivity contribution in [1.29, 1.82) is 0 Å². The molecule has 2 aliphatic rings. The van der Waals surface area contributed by atoms with E-state index in [4.69, 9.17) is 9.88 Å². The topological polar surface area (TPSA) is 69.4 Å². The zero-order valence-corrected chi connectivity index (χ0v) is 12.6. The molecule has 2 saturated carbocycles. The molecule has 0 saturated heterocycles. The van der Waals surface area contributed by atoms with Crippen LogP contribution in [0.2, 0.25) is 0 Å². The Balaban J connectivity index is 1.87. The first-order valence-electron chi connectivity index (χ1n) is 7.57. The molecule has 0 bridgehead atoms. The molecule has 0 aliphatic heterocycles. The lowest BCUT2D eigenvalue weighted by Crippen LogP contribution is -2.37. The van der Waals surface area contributed by atoms with Crippen LogP contribution in [0.5, 0.6) is 0 Å². The molecule has 2 rings (SSSR count). The summed E-state index contributed by atoms with van der Waals surface area (Å²) in [6, 6.07) is 0. The van der Waals surface area contributed by atoms with E-state index in [1.165, 1.54) is 25.7 Å². The highest BCUT2D eigenvalue weighted by atomic mass is 32.2. The molecule has 0 aromatic heterocycles. The van der Waals surface area contributed by atoms with E-state index in [-0.39, 0.29) is 11.2 Å². The number of hydrogen-bond donors (Lipinski definition) is 1. The van der Waals surface area contributed by atoms with Gasteiger partial charge in [0.2, 0.25) is 10.0 Å². The van der Waals surface area contributed by atoms with Crippen LogP contribution in [0.15, 0.2) is 0 Å². The maximum absolute atomic E-state index is 11.5. The summed E-state index contributed by atoms with van der Waals surface area (Å²) in [6.45, 7) is 1.34. The SMILES string of the molecule is NS(=O)(=O)CC1(COCCC2CC2)CCCCCC1. The molecule has 2 N–H and O–H groups in total. The zero-order valence-electron chi connectivity index (χ0n) is 11.8. The summed E-state index contributed by atoms with van der Waals surface area (Å²) >= 11 is 0. The smallest absolute Gasteiger partial charge is 0.209 e. The Labute approximate surface area is 117 Å². The number of hydrogen-bond acceptors (Lipinski definition) is 3. The van der Waals surface area contributed by atoms with Crippen molar-refractivity contribution in [2.45, 2.75) is 57.8 Å². The minimum absolute atomic E-state index is 0.0867. The van der Waals surface area contributed by atoms with Crippen molar-refractivity contribution in [2.24, 2.45) is 16.5 Å². The Bertz CT molecular complexity index is 368. The maximum atomic E-state index is 11.5. The summed E-state index contributed by atoms with van der Waals surface area (Å²) in [6.07, 6.45) is 10.3. The summed E-state index contributed by atoms with van der Waals surface area (Å²) in [5.74, 6) is 0.951. The summed E-state index contributed by atoms with van der Waals surface area (Å²) in [5, 5.41) is 5.28. The van der Waals surface area contributed by atoms with Crippen molar-refractivity contribution >= 4 is 10.0 Å². The molecule has 0 amide bonds. The predicted molar refractivity (Wildman–Crippen MR) is 76.3 cm³/mol. The molecule has 5 heteroatoms. The monoisotopic (exact) mass is 289 g/mol. The molecule has 0 heterocycles. The minimum atomic E-state index is -3.42. The fraction of sp³-hybridized carbons (Fsp3) is 1.00. The third kappa shape index (κ3) is 5.79. The normalized spacial score (nSPS) is 24.1. The van der Waals surface area contributed by atoms with E-state index in [9.17, 15) is 8.42 Å². The van der Waals surface area contributed by atoms with Crippen molar-refractivity contribution in [2.75, 3.05) is 19.0 Å².